The minimum atomic E-state index is -2.92. The first-order chi connectivity index (χ1) is 8.06. The Labute approximate surface area is 106 Å². The Morgan fingerprint density at radius 2 is 2.12 bits per heavy atom. The molecule has 0 atom stereocenters. The molecule has 0 saturated carbocycles. The SMILES string of the molecule is COc1ccc(CC(=O)CBr)cc1OC(F)F. The fraction of sp³-hybridized carbons (Fsp3) is 0.364. The molecule has 17 heavy (non-hydrogen) atoms. The molecule has 0 spiro atoms. The van der Waals surface area contributed by atoms with E-state index < -0.39 is 6.61 Å². The molecule has 0 aliphatic heterocycles. The van der Waals surface area contributed by atoms with E-state index in [-0.39, 0.29) is 29.0 Å². The standard InChI is InChI=1S/C11H11BrF2O3/c1-16-9-3-2-7(4-8(15)6-12)5-10(9)17-11(13)14/h2-3,5,11H,4,6H2,1H3. The third-order valence-electron chi connectivity index (χ3n) is 1.99. The summed E-state index contributed by atoms with van der Waals surface area (Å²) in [6.07, 6.45) is 0.162. The summed E-state index contributed by atoms with van der Waals surface area (Å²) in [5.41, 5.74) is 0.603. The highest BCUT2D eigenvalue weighted by Gasteiger charge is 2.12. The van der Waals surface area contributed by atoms with Gasteiger partial charge in [0.2, 0.25) is 0 Å². The van der Waals surface area contributed by atoms with Crippen LogP contribution in [-0.2, 0) is 11.2 Å². The number of hydrogen-bond acceptors (Lipinski definition) is 3. The molecule has 0 heterocycles. The van der Waals surface area contributed by atoms with Crippen LogP contribution >= 0.6 is 15.9 Å². The van der Waals surface area contributed by atoms with Gasteiger partial charge in [-0.05, 0) is 17.7 Å². The van der Waals surface area contributed by atoms with Crippen LogP contribution < -0.4 is 9.47 Å². The number of alkyl halides is 3. The largest absolute Gasteiger partial charge is 0.493 e. The van der Waals surface area contributed by atoms with E-state index in [0.29, 0.717) is 5.56 Å². The van der Waals surface area contributed by atoms with Crippen LogP contribution in [0.4, 0.5) is 8.78 Å². The number of carbonyl (C=O) groups excluding carboxylic acids is 1. The van der Waals surface area contributed by atoms with Crippen molar-refractivity contribution in [3.63, 3.8) is 0 Å². The molecule has 0 bridgehead atoms. The van der Waals surface area contributed by atoms with Crippen molar-refractivity contribution in [2.75, 3.05) is 12.4 Å². The molecule has 3 nitrogen and oxygen atoms in total. The van der Waals surface area contributed by atoms with E-state index in [1.54, 1.807) is 6.07 Å². The molecule has 6 heteroatoms. The van der Waals surface area contributed by atoms with Crippen molar-refractivity contribution in [2.45, 2.75) is 13.0 Å². The fourth-order valence-electron chi connectivity index (χ4n) is 1.29. The molecule has 0 aliphatic carbocycles. The van der Waals surface area contributed by atoms with Crippen LogP contribution in [0.25, 0.3) is 0 Å². The first-order valence-corrected chi connectivity index (χ1v) is 5.88. The van der Waals surface area contributed by atoms with Crippen molar-refractivity contribution in [3.8, 4) is 11.5 Å². The van der Waals surface area contributed by atoms with Crippen molar-refractivity contribution in [1.82, 2.24) is 0 Å². The number of Topliss-reactive ketones (excluding diaryl/α,β-unsaturated/α-hetero) is 1. The van der Waals surface area contributed by atoms with E-state index in [4.69, 9.17) is 4.74 Å². The van der Waals surface area contributed by atoms with Gasteiger partial charge in [-0.25, -0.2) is 0 Å². The second-order valence-electron chi connectivity index (χ2n) is 3.21. The molecule has 0 radical (unpaired) electrons. The van der Waals surface area contributed by atoms with Gasteiger partial charge >= 0.3 is 6.61 Å². The molecule has 0 N–H and O–H groups in total. The predicted molar refractivity (Wildman–Crippen MR) is 62.1 cm³/mol. The number of ether oxygens (including phenoxy) is 2. The average molecular weight is 309 g/mol. The lowest BCUT2D eigenvalue weighted by atomic mass is 10.1. The summed E-state index contributed by atoms with van der Waals surface area (Å²) in [7, 11) is 1.36. The highest BCUT2D eigenvalue weighted by atomic mass is 79.9. The quantitative estimate of drug-likeness (QED) is 0.758. The van der Waals surface area contributed by atoms with Crippen molar-refractivity contribution < 1.29 is 23.0 Å². The van der Waals surface area contributed by atoms with Gasteiger partial charge < -0.3 is 9.47 Å². The second kappa shape index (κ2) is 6.54. The van der Waals surface area contributed by atoms with E-state index in [1.165, 1.54) is 19.2 Å². The molecule has 1 aromatic rings. The smallest absolute Gasteiger partial charge is 0.387 e. The van der Waals surface area contributed by atoms with Crippen LogP contribution in [0.2, 0.25) is 0 Å². The van der Waals surface area contributed by atoms with Gasteiger partial charge in [-0.3, -0.25) is 4.79 Å². The Balaban J connectivity index is 2.91. The van der Waals surface area contributed by atoms with Crippen LogP contribution in [0.3, 0.4) is 0 Å². The van der Waals surface area contributed by atoms with Crippen LogP contribution in [0, 0.1) is 0 Å². The molecule has 0 saturated heterocycles. The number of rotatable bonds is 6. The normalized spacial score (nSPS) is 10.4. The Morgan fingerprint density at radius 1 is 1.41 bits per heavy atom. The molecule has 0 aliphatic rings. The molecule has 1 rings (SSSR count). The molecule has 0 aromatic heterocycles. The Morgan fingerprint density at radius 3 is 2.65 bits per heavy atom. The maximum Gasteiger partial charge on any atom is 0.387 e. The molecule has 0 fully saturated rings. The molecule has 94 valence electrons. The molecule has 0 unspecified atom stereocenters. The predicted octanol–water partition coefficient (Wildman–Crippen LogP) is 2.80. The number of ketones is 1. The van der Waals surface area contributed by atoms with Gasteiger partial charge in [0.1, 0.15) is 5.78 Å². The Bertz CT molecular complexity index is 396. The van der Waals surface area contributed by atoms with E-state index >= 15 is 0 Å². The van der Waals surface area contributed by atoms with E-state index in [1.807, 2.05) is 0 Å². The number of hydrogen-bond donors (Lipinski definition) is 0. The van der Waals surface area contributed by atoms with Crippen LogP contribution in [0.15, 0.2) is 18.2 Å². The summed E-state index contributed by atoms with van der Waals surface area (Å²) in [4.78, 5) is 11.2. The van der Waals surface area contributed by atoms with Crippen molar-refractivity contribution in [1.29, 1.82) is 0 Å². The van der Waals surface area contributed by atoms with E-state index in [9.17, 15) is 13.6 Å². The summed E-state index contributed by atoms with van der Waals surface area (Å²) in [5.74, 6) is 0.0980. The number of carbonyl (C=O) groups is 1. The lowest BCUT2D eigenvalue weighted by Crippen LogP contribution is -2.06. The molecule has 0 amide bonds. The molecular formula is C11H11BrF2O3. The zero-order valence-electron chi connectivity index (χ0n) is 9.08. The van der Waals surface area contributed by atoms with Gasteiger partial charge in [-0.2, -0.15) is 8.78 Å². The zero-order valence-corrected chi connectivity index (χ0v) is 10.7. The van der Waals surface area contributed by atoms with Crippen molar-refractivity contribution in [3.05, 3.63) is 23.8 Å². The summed E-state index contributed by atoms with van der Waals surface area (Å²) in [6.45, 7) is -2.92. The van der Waals surface area contributed by atoms with E-state index in [0.717, 1.165) is 0 Å². The van der Waals surface area contributed by atoms with Gasteiger partial charge in [0.05, 0.1) is 12.4 Å². The third-order valence-corrected chi connectivity index (χ3v) is 2.62. The first kappa shape index (κ1) is 13.9. The van der Waals surface area contributed by atoms with Crippen LogP contribution in [0.1, 0.15) is 5.56 Å². The summed E-state index contributed by atoms with van der Waals surface area (Å²) < 4.78 is 33.5. The minimum Gasteiger partial charge on any atom is -0.493 e. The third kappa shape index (κ3) is 4.30. The molecule has 1 aromatic carbocycles. The van der Waals surface area contributed by atoms with Gasteiger partial charge in [0, 0.05) is 6.42 Å². The van der Waals surface area contributed by atoms with Crippen LogP contribution in [0.5, 0.6) is 11.5 Å². The van der Waals surface area contributed by atoms with Gasteiger partial charge in [-0.1, -0.05) is 22.0 Å². The fourth-order valence-corrected chi connectivity index (χ4v) is 1.49. The lowest BCUT2D eigenvalue weighted by Gasteiger charge is -2.11. The van der Waals surface area contributed by atoms with Gasteiger partial charge in [0.25, 0.3) is 0 Å². The van der Waals surface area contributed by atoms with Crippen LogP contribution in [-0.4, -0.2) is 24.8 Å². The van der Waals surface area contributed by atoms with Crippen molar-refractivity contribution >= 4 is 21.7 Å². The first-order valence-electron chi connectivity index (χ1n) is 4.76. The number of methoxy groups -OCH3 is 1. The summed E-state index contributed by atoms with van der Waals surface area (Å²) in [6, 6.07) is 4.51. The summed E-state index contributed by atoms with van der Waals surface area (Å²) >= 11 is 3.03. The maximum atomic E-state index is 12.1. The van der Waals surface area contributed by atoms with E-state index in [2.05, 4.69) is 20.7 Å². The second-order valence-corrected chi connectivity index (χ2v) is 3.77. The number of benzene rings is 1. The lowest BCUT2D eigenvalue weighted by molar-refractivity contribution is -0.115. The average Bonchev–Trinajstić information content (AvgIpc) is 2.28. The highest BCUT2D eigenvalue weighted by molar-refractivity contribution is 9.09. The monoisotopic (exact) mass is 308 g/mol. The highest BCUT2D eigenvalue weighted by Crippen LogP contribution is 2.29. The Hall–Kier alpha value is -1.17. The topological polar surface area (TPSA) is 35.5 Å². The summed E-state index contributed by atoms with van der Waals surface area (Å²) in [5, 5.41) is 0.226. The van der Waals surface area contributed by atoms with Crippen molar-refractivity contribution in [2.24, 2.45) is 0 Å². The molecular weight excluding hydrogens is 298 g/mol. The maximum absolute atomic E-state index is 12.1. The minimum absolute atomic E-state index is 0.0434. The zero-order chi connectivity index (χ0) is 12.8. The number of halogens is 3. The van der Waals surface area contributed by atoms with Gasteiger partial charge in [0.15, 0.2) is 11.5 Å². The Kier molecular flexibility index (Phi) is 5.34. The van der Waals surface area contributed by atoms with Gasteiger partial charge in [-0.15, -0.1) is 0 Å².